The summed E-state index contributed by atoms with van der Waals surface area (Å²) in [5, 5.41) is 3.40. The van der Waals surface area contributed by atoms with Crippen molar-refractivity contribution in [3.8, 4) is 17.0 Å². The number of nitrogens with one attached hydrogen (secondary N) is 1. The molecule has 4 nitrogen and oxygen atoms in total. The number of aromatic nitrogens is 1. The summed E-state index contributed by atoms with van der Waals surface area (Å²) >= 11 is 0. The molecule has 29 heavy (non-hydrogen) atoms. The third-order valence-corrected chi connectivity index (χ3v) is 4.83. The van der Waals surface area contributed by atoms with E-state index in [1.54, 1.807) is 0 Å². The Morgan fingerprint density at radius 1 is 1.07 bits per heavy atom. The Labute approximate surface area is 188 Å². The quantitative estimate of drug-likeness (QED) is 0.682. The fraction of sp³-hybridized carbons (Fsp3) is 0.522. The average Bonchev–Trinajstić information content (AvgIpc) is 2.66. The summed E-state index contributed by atoms with van der Waals surface area (Å²) < 4.78 is 6.10. The molecule has 0 amide bonds. The predicted molar refractivity (Wildman–Crippen MR) is 128 cm³/mol. The van der Waals surface area contributed by atoms with Gasteiger partial charge in [-0.2, -0.15) is 0 Å². The van der Waals surface area contributed by atoms with Crippen LogP contribution in [0, 0.1) is 5.92 Å². The molecule has 1 aromatic heterocycles. The van der Waals surface area contributed by atoms with Gasteiger partial charge >= 0.3 is 0 Å². The van der Waals surface area contributed by atoms with Crippen LogP contribution in [0.5, 0.6) is 5.75 Å². The van der Waals surface area contributed by atoms with E-state index in [1.807, 2.05) is 0 Å². The maximum atomic E-state index is 6.10. The summed E-state index contributed by atoms with van der Waals surface area (Å²) in [5.74, 6) is 2.56. The van der Waals surface area contributed by atoms with E-state index in [4.69, 9.17) is 9.72 Å². The summed E-state index contributed by atoms with van der Waals surface area (Å²) in [6.07, 6.45) is 0. The molecule has 162 valence electrons. The molecule has 1 saturated heterocycles. The molecule has 1 N–H and O–H groups in total. The van der Waals surface area contributed by atoms with Crippen LogP contribution >= 0.6 is 24.8 Å². The third-order valence-electron chi connectivity index (χ3n) is 4.83. The average molecular weight is 440 g/mol. The summed E-state index contributed by atoms with van der Waals surface area (Å²) in [5.41, 5.74) is 3.41. The second-order valence-electron chi connectivity index (χ2n) is 8.78. The molecule has 3 rings (SSSR count). The Balaban J connectivity index is 0.00000210. The van der Waals surface area contributed by atoms with Crippen molar-refractivity contribution in [2.24, 2.45) is 5.92 Å². The van der Waals surface area contributed by atoms with Gasteiger partial charge in [0, 0.05) is 37.3 Å². The van der Waals surface area contributed by atoms with Crippen LogP contribution in [-0.2, 0) is 5.41 Å². The first-order valence-corrected chi connectivity index (χ1v) is 10.0. The Bertz CT molecular complexity index is 769. The van der Waals surface area contributed by atoms with Crippen molar-refractivity contribution in [1.82, 2.24) is 10.3 Å². The molecular weight excluding hydrogens is 405 g/mol. The highest BCUT2D eigenvalue weighted by Crippen LogP contribution is 2.35. The first-order valence-electron chi connectivity index (χ1n) is 10.0. The molecule has 1 aliphatic rings. The Hall–Kier alpha value is -1.49. The Morgan fingerprint density at radius 2 is 1.76 bits per heavy atom. The SMILES string of the molecule is CC(C)COc1ccc(-c2cccc(N3CCNCC3)n2)cc1C(C)(C)C.Cl.Cl. The lowest BCUT2D eigenvalue weighted by atomic mass is 9.85. The zero-order chi connectivity index (χ0) is 19.4. The number of hydrogen-bond acceptors (Lipinski definition) is 4. The third kappa shape index (κ3) is 6.77. The number of hydrogen-bond donors (Lipinski definition) is 1. The number of halogens is 2. The van der Waals surface area contributed by atoms with Crippen LogP contribution in [0.2, 0.25) is 0 Å². The molecular formula is C23H35Cl2N3O. The minimum atomic E-state index is 0. The van der Waals surface area contributed by atoms with E-state index in [1.165, 1.54) is 5.56 Å². The smallest absolute Gasteiger partial charge is 0.129 e. The van der Waals surface area contributed by atoms with Crippen LogP contribution in [0.4, 0.5) is 5.82 Å². The molecule has 1 aliphatic heterocycles. The first kappa shape index (κ1) is 25.5. The van der Waals surface area contributed by atoms with E-state index in [-0.39, 0.29) is 30.2 Å². The minimum Gasteiger partial charge on any atom is -0.493 e. The number of ether oxygens (including phenoxy) is 1. The number of benzene rings is 1. The molecule has 0 aliphatic carbocycles. The summed E-state index contributed by atoms with van der Waals surface area (Å²) in [6, 6.07) is 12.8. The maximum Gasteiger partial charge on any atom is 0.129 e. The van der Waals surface area contributed by atoms with Crippen LogP contribution in [0.1, 0.15) is 40.2 Å². The summed E-state index contributed by atoms with van der Waals surface area (Å²) in [7, 11) is 0. The van der Waals surface area contributed by atoms with Gasteiger partial charge in [-0.3, -0.25) is 0 Å². The van der Waals surface area contributed by atoms with Crippen LogP contribution in [-0.4, -0.2) is 37.8 Å². The number of rotatable bonds is 5. The lowest BCUT2D eigenvalue weighted by Gasteiger charge is -2.28. The molecule has 0 radical (unpaired) electrons. The van der Waals surface area contributed by atoms with E-state index in [2.05, 4.69) is 81.2 Å². The van der Waals surface area contributed by atoms with Crippen molar-refractivity contribution in [1.29, 1.82) is 0 Å². The fourth-order valence-electron chi connectivity index (χ4n) is 3.31. The standard InChI is InChI=1S/C23H33N3O.2ClH/c1-17(2)16-27-21-10-9-18(15-19(21)23(3,4)5)20-7-6-8-22(25-20)26-13-11-24-12-14-26;;/h6-10,15,17,24H,11-14,16H2,1-5H3;2*1H. The molecule has 0 bridgehead atoms. The van der Waals surface area contributed by atoms with Gasteiger partial charge < -0.3 is 15.0 Å². The van der Waals surface area contributed by atoms with Gasteiger partial charge in [-0.05, 0) is 41.7 Å². The minimum absolute atomic E-state index is 0. The maximum absolute atomic E-state index is 6.10. The van der Waals surface area contributed by atoms with Crippen molar-refractivity contribution >= 4 is 30.6 Å². The summed E-state index contributed by atoms with van der Waals surface area (Å²) in [6.45, 7) is 15.8. The highest BCUT2D eigenvalue weighted by atomic mass is 35.5. The van der Waals surface area contributed by atoms with Gasteiger partial charge in [0.15, 0.2) is 0 Å². The predicted octanol–water partition coefficient (Wildman–Crippen LogP) is 5.33. The lowest BCUT2D eigenvalue weighted by molar-refractivity contribution is 0.265. The van der Waals surface area contributed by atoms with Crippen LogP contribution in [0.3, 0.4) is 0 Å². The van der Waals surface area contributed by atoms with E-state index in [0.717, 1.165) is 55.6 Å². The number of anilines is 1. The van der Waals surface area contributed by atoms with E-state index in [9.17, 15) is 0 Å². The van der Waals surface area contributed by atoms with Crippen molar-refractivity contribution in [3.05, 3.63) is 42.0 Å². The molecule has 0 spiro atoms. The van der Waals surface area contributed by atoms with Gasteiger partial charge in [-0.1, -0.05) is 40.7 Å². The van der Waals surface area contributed by atoms with Crippen LogP contribution in [0.25, 0.3) is 11.3 Å². The van der Waals surface area contributed by atoms with Crippen molar-refractivity contribution in [3.63, 3.8) is 0 Å². The normalized spacial score (nSPS) is 14.2. The van der Waals surface area contributed by atoms with E-state index >= 15 is 0 Å². The van der Waals surface area contributed by atoms with Crippen molar-refractivity contribution in [2.45, 2.75) is 40.0 Å². The molecule has 2 heterocycles. The Kier molecular flexibility index (Phi) is 9.74. The van der Waals surface area contributed by atoms with Crippen molar-refractivity contribution in [2.75, 3.05) is 37.7 Å². The highest BCUT2D eigenvalue weighted by molar-refractivity contribution is 5.85. The first-order chi connectivity index (χ1) is 12.8. The number of pyridine rings is 1. The Morgan fingerprint density at radius 3 is 2.38 bits per heavy atom. The van der Waals surface area contributed by atoms with Gasteiger partial charge in [0.1, 0.15) is 11.6 Å². The molecule has 0 atom stereocenters. The van der Waals surface area contributed by atoms with Gasteiger partial charge in [-0.25, -0.2) is 4.98 Å². The number of nitrogens with zero attached hydrogens (tertiary/aromatic N) is 2. The monoisotopic (exact) mass is 439 g/mol. The second kappa shape index (κ2) is 11.1. The molecule has 0 saturated carbocycles. The number of piperazine rings is 1. The van der Waals surface area contributed by atoms with E-state index < -0.39 is 0 Å². The lowest BCUT2D eigenvalue weighted by Crippen LogP contribution is -2.43. The zero-order valence-electron chi connectivity index (χ0n) is 18.2. The van der Waals surface area contributed by atoms with Gasteiger partial charge in [0.25, 0.3) is 0 Å². The van der Waals surface area contributed by atoms with E-state index in [0.29, 0.717) is 5.92 Å². The van der Waals surface area contributed by atoms with Crippen molar-refractivity contribution < 1.29 is 4.74 Å². The fourth-order valence-corrected chi connectivity index (χ4v) is 3.31. The molecule has 2 aromatic rings. The zero-order valence-corrected chi connectivity index (χ0v) is 19.8. The second-order valence-corrected chi connectivity index (χ2v) is 8.78. The van der Waals surface area contributed by atoms with Gasteiger partial charge in [0.2, 0.25) is 0 Å². The molecule has 1 fully saturated rings. The summed E-state index contributed by atoms with van der Waals surface area (Å²) in [4.78, 5) is 7.30. The van der Waals surface area contributed by atoms with Gasteiger partial charge in [0.05, 0.1) is 12.3 Å². The topological polar surface area (TPSA) is 37.4 Å². The largest absolute Gasteiger partial charge is 0.493 e. The highest BCUT2D eigenvalue weighted by Gasteiger charge is 2.21. The van der Waals surface area contributed by atoms with Gasteiger partial charge in [-0.15, -0.1) is 24.8 Å². The van der Waals surface area contributed by atoms with Crippen LogP contribution in [0.15, 0.2) is 36.4 Å². The van der Waals surface area contributed by atoms with Crippen LogP contribution < -0.4 is 15.0 Å². The molecule has 0 unspecified atom stereocenters. The molecule has 6 heteroatoms. The molecule has 1 aromatic carbocycles.